The first-order valence-electron chi connectivity index (χ1n) is 14.3. The van der Waals surface area contributed by atoms with Crippen LogP contribution in [0.4, 0.5) is 10.2 Å². The van der Waals surface area contributed by atoms with Crippen LogP contribution in [0.5, 0.6) is 11.5 Å². The van der Waals surface area contributed by atoms with E-state index in [4.69, 9.17) is 19.2 Å². The molecular weight excluding hydrogens is 509 g/mol. The highest BCUT2D eigenvalue weighted by molar-refractivity contribution is 5.74. The Labute approximate surface area is 234 Å². The van der Waals surface area contributed by atoms with Gasteiger partial charge in [0.05, 0.1) is 32.0 Å². The van der Waals surface area contributed by atoms with Crippen molar-refractivity contribution >= 4 is 11.8 Å². The Hall–Kier alpha value is -3.68. The van der Waals surface area contributed by atoms with E-state index in [-0.39, 0.29) is 24.3 Å². The summed E-state index contributed by atoms with van der Waals surface area (Å²) in [5.74, 6) is 2.10. The first kappa shape index (κ1) is 26.5. The molecule has 1 saturated heterocycles. The number of nitrogens with zero attached hydrogens (tertiary/aromatic N) is 3. The fraction of sp³-hybridized carbons (Fsp3) is 0.469. The number of carbonyl (C=O) groups excluding carboxylic acids is 1. The van der Waals surface area contributed by atoms with E-state index in [1.54, 1.807) is 25.4 Å². The van der Waals surface area contributed by atoms with Crippen LogP contribution in [0.15, 0.2) is 48.7 Å². The lowest BCUT2D eigenvalue weighted by Crippen LogP contribution is -2.60. The maximum absolute atomic E-state index is 14.9. The number of carbonyl (C=O) groups is 1. The van der Waals surface area contributed by atoms with E-state index in [0.717, 1.165) is 37.2 Å². The van der Waals surface area contributed by atoms with E-state index < -0.39 is 0 Å². The molecule has 3 fully saturated rings. The van der Waals surface area contributed by atoms with Crippen molar-refractivity contribution in [2.75, 3.05) is 31.7 Å². The predicted octanol–water partition coefficient (Wildman–Crippen LogP) is 6.31. The second-order valence-electron chi connectivity index (χ2n) is 11.4. The van der Waals surface area contributed by atoms with Crippen LogP contribution in [-0.2, 0) is 16.1 Å². The smallest absolute Gasteiger partial charge is 0.306 e. The molecule has 0 N–H and O–H groups in total. The van der Waals surface area contributed by atoms with E-state index >= 15 is 0 Å². The number of aromatic nitrogens is 2. The van der Waals surface area contributed by atoms with Gasteiger partial charge in [0.1, 0.15) is 29.6 Å². The van der Waals surface area contributed by atoms with Crippen molar-refractivity contribution in [1.29, 1.82) is 0 Å². The van der Waals surface area contributed by atoms with Gasteiger partial charge in [-0.15, -0.1) is 0 Å². The summed E-state index contributed by atoms with van der Waals surface area (Å²) >= 11 is 0. The lowest BCUT2D eigenvalue weighted by molar-refractivity contribution is -0.143. The second kappa shape index (κ2) is 11.1. The molecule has 1 atom stereocenters. The van der Waals surface area contributed by atoms with Crippen LogP contribution < -0.4 is 14.4 Å². The highest BCUT2D eigenvalue weighted by Crippen LogP contribution is 2.50. The van der Waals surface area contributed by atoms with Crippen LogP contribution in [0, 0.1) is 17.2 Å². The molecule has 1 aliphatic heterocycles. The molecule has 3 aliphatic rings. The average Bonchev–Trinajstić information content (AvgIpc) is 3.75. The molecular formula is C32H36FN3O4. The molecule has 7 nitrogen and oxygen atoms in total. The third kappa shape index (κ3) is 5.49. The van der Waals surface area contributed by atoms with Gasteiger partial charge in [0, 0.05) is 24.1 Å². The zero-order chi connectivity index (χ0) is 27.7. The van der Waals surface area contributed by atoms with Crippen molar-refractivity contribution < 1.29 is 23.4 Å². The van der Waals surface area contributed by atoms with Gasteiger partial charge in [0.15, 0.2) is 5.82 Å². The van der Waals surface area contributed by atoms with Crippen LogP contribution >= 0.6 is 0 Å². The van der Waals surface area contributed by atoms with Gasteiger partial charge in [-0.3, -0.25) is 9.78 Å². The molecule has 0 amide bonds. The molecule has 2 aliphatic carbocycles. The number of anilines is 1. The standard InChI is InChI=1S/C32H36FN3O4/c1-3-39-29(37)16-26(21-8-9-21)22-6-4-7-25(14-22)40-18-23-17-34-30(27-15-24(38-2)10-11-28(27)33)31(35-23)36-19-32(20-36)12-5-13-32/h4,6-7,10-11,14-15,17,21,26H,3,5,8-9,12-13,16,18-20H2,1-2H3/t26-/m0/s1. The van der Waals surface area contributed by atoms with Gasteiger partial charge in [-0.1, -0.05) is 18.6 Å². The number of halogens is 1. The molecule has 0 bridgehead atoms. The Kier molecular flexibility index (Phi) is 7.34. The highest BCUT2D eigenvalue weighted by atomic mass is 19.1. The number of ether oxygens (including phenoxy) is 3. The number of benzene rings is 2. The summed E-state index contributed by atoms with van der Waals surface area (Å²) in [6.07, 6.45) is 8.04. The monoisotopic (exact) mass is 545 g/mol. The van der Waals surface area contributed by atoms with Crippen molar-refractivity contribution in [3.8, 4) is 22.8 Å². The number of esters is 1. The molecule has 6 rings (SSSR count). The van der Waals surface area contributed by atoms with Crippen LogP contribution in [0.3, 0.4) is 0 Å². The third-order valence-corrected chi connectivity index (χ3v) is 8.55. The topological polar surface area (TPSA) is 73.8 Å². The van der Waals surface area contributed by atoms with Gasteiger partial charge in [-0.25, -0.2) is 9.37 Å². The van der Waals surface area contributed by atoms with Gasteiger partial charge in [-0.2, -0.15) is 0 Å². The van der Waals surface area contributed by atoms with Gasteiger partial charge in [-0.05, 0) is 80.3 Å². The number of rotatable bonds is 11. The fourth-order valence-electron chi connectivity index (χ4n) is 6.06. The Bertz CT molecular complexity index is 1380. The molecule has 210 valence electrons. The van der Waals surface area contributed by atoms with Crippen LogP contribution in [0.1, 0.15) is 62.6 Å². The summed E-state index contributed by atoms with van der Waals surface area (Å²) in [7, 11) is 1.57. The summed E-state index contributed by atoms with van der Waals surface area (Å²) in [6.45, 7) is 4.28. The lowest BCUT2D eigenvalue weighted by atomic mass is 9.63. The molecule has 2 aromatic carbocycles. The second-order valence-corrected chi connectivity index (χ2v) is 11.4. The maximum atomic E-state index is 14.9. The Morgan fingerprint density at radius 3 is 2.67 bits per heavy atom. The molecule has 2 saturated carbocycles. The summed E-state index contributed by atoms with van der Waals surface area (Å²) in [5, 5.41) is 0. The first-order valence-corrected chi connectivity index (χ1v) is 14.3. The molecule has 2 heterocycles. The van der Waals surface area contributed by atoms with Gasteiger partial charge in [0.2, 0.25) is 0 Å². The molecule has 1 aromatic heterocycles. The van der Waals surface area contributed by atoms with Crippen LogP contribution in [0.2, 0.25) is 0 Å². The fourth-order valence-corrected chi connectivity index (χ4v) is 6.06. The van der Waals surface area contributed by atoms with E-state index in [1.165, 1.54) is 25.3 Å². The Morgan fingerprint density at radius 2 is 1.98 bits per heavy atom. The summed E-state index contributed by atoms with van der Waals surface area (Å²) < 4.78 is 31.7. The van der Waals surface area contributed by atoms with Crippen LogP contribution in [-0.4, -0.2) is 42.7 Å². The minimum absolute atomic E-state index is 0.135. The summed E-state index contributed by atoms with van der Waals surface area (Å²) in [5.41, 5.74) is 3.04. The normalized spacial score (nSPS) is 18.0. The SMILES string of the molecule is CCOC(=O)C[C@H](c1cccc(OCc2cnc(-c3cc(OC)ccc3F)c(N3CC4(CCC4)C3)n2)c1)C1CC1. The minimum atomic E-state index is -0.357. The van der Waals surface area contributed by atoms with E-state index in [0.29, 0.717) is 52.9 Å². The Morgan fingerprint density at radius 1 is 1.15 bits per heavy atom. The molecule has 0 unspecified atom stereocenters. The number of methoxy groups -OCH3 is 1. The molecule has 8 heteroatoms. The molecule has 0 radical (unpaired) electrons. The Balaban J connectivity index is 1.22. The van der Waals surface area contributed by atoms with E-state index in [2.05, 4.69) is 16.0 Å². The summed E-state index contributed by atoms with van der Waals surface area (Å²) in [6, 6.07) is 12.7. The summed E-state index contributed by atoms with van der Waals surface area (Å²) in [4.78, 5) is 24.0. The first-order chi connectivity index (χ1) is 19.5. The van der Waals surface area contributed by atoms with Crippen LogP contribution in [0.25, 0.3) is 11.3 Å². The largest absolute Gasteiger partial charge is 0.497 e. The van der Waals surface area contributed by atoms with Crippen molar-refractivity contribution in [2.45, 2.75) is 58.0 Å². The third-order valence-electron chi connectivity index (χ3n) is 8.55. The average molecular weight is 546 g/mol. The van der Waals surface area contributed by atoms with Crippen molar-refractivity contribution in [2.24, 2.45) is 11.3 Å². The molecule has 3 aromatic rings. The lowest BCUT2D eigenvalue weighted by Gasteiger charge is -2.56. The number of hydrogen-bond donors (Lipinski definition) is 0. The minimum Gasteiger partial charge on any atom is -0.497 e. The predicted molar refractivity (Wildman–Crippen MR) is 150 cm³/mol. The maximum Gasteiger partial charge on any atom is 0.306 e. The number of hydrogen-bond acceptors (Lipinski definition) is 7. The zero-order valence-electron chi connectivity index (χ0n) is 23.2. The van der Waals surface area contributed by atoms with Gasteiger partial charge < -0.3 is 19.1 Å². The molecule has 40 heavy (non-hydrogen) atoms. The van der Waals surface area contributed by atoms with Crippen molar-refractivity contribution in [3.05, 3.63) is 65.7 Å². The quantitative estimate of drug-likeness (QED) is 0.262. The molecule has 1 spiro atoms. The van der Waals surface area contributed by atoms with Gasteiger partial charge in [0.25, 0.3) is 0 Å². The van der Waals surface area contributed by atoms with Crippen molar-refractivity contribution in [1.82, 2.24) is 9.97 Å². The van der Waals surface area contributed by atoms with Gasteiger partial charge >= 0.3 is 5.97 Å². The van der Waals surface area contributed by atoms with Crippen molar-refractivity contribution in [3.63, 3.8) is 0 Å². The van der Waals surface area contributed by atoms with E-state index in [9.17, 15) is 9.18 Å². The zero-order valence-corrected chi connectivity index (χ0v) is 23.2. The van der Waals surface area contributed by atoms with E-state index in [1.807, 2.05) is 25.1 Å². The highest BCUT2D eigenvalue weighted by Gasteiger charge is 2.48.